The van der Waals surface area contributed by atoms with Gasteiger partial charge in [-0.3, -0.25) is 9.59 Å². The highest BCUT2D eigenvalue weighted by Crippen LogP contribution is 2.35. The molecule has 1 aliphatic rings. The molecular formula is C27H26N2O3. The maximum Gasteiger partial charge on any atom is 0.282 e. The fraction of sp³-hybridized carbons (Fsp3) is 0.185. The summed E-state index contributed by atoms with van der Waals surface area (Å²) < 4.78 is 5.57. The maximum absolute atomic E-state index is 13.6. The third-order valence-corrected chi connectivity index (χ3v) is 5.30. The highest BCUT2D eigenvalue weighted by molar-refractivity contribution is 6.46. The van der Waals surface area contributed by atoms with Crippen LogP contribution in [0.15, 0.2) is 72.4 Å². The standard InChI is InChI=1S/C27H26N2O3/c1-5-32-23-8-6-7-22(16-23)29-26(30)24(20-11-9-17(2)10-12-20)25(27(29)31)28-21-14-18(3)13-19(4)15-21/h6-16,28H,5H2,1-4H3. The van der Waals surface area contributed by atoms with Crippen molar-refractivity contribution < 1.29 is 14.3 Å². The molecule has 0 bridgehead atoms. The van der Waals surface area contributed by atoms with Crippen LogP contribution in [0.25, 0.3) is 5.57 Å². The summed E-state index contributed by atoms with van der Waals surface area (Å²) in [6.07, 6.45) is 0. The molecule has 1 N–H and O–H groups in total. The first-order chi connectivity index (χ1) is 15.4. The summed E-state index contributed by atoms with van der Waals surface area (Å²) in [6, 6.07) is 20.6. The second-order valence-corrected chi connectivity index (χ2v) is 7.99. The number of carbonyl (C=O) groups excluding carboxylic acids is 2. The SMILES string of the molecule is CCOc1cccc(N2C(=O)C(Nc3cc(C)cc(C)c3)=C(c3ccc(C)cc3)C2=O)c1. The number of hydrogen-bond donors (Lipinski definition) is 1. The lowest BCUT2D eigenvalue weighted by Crippen LogP contribution is -2.32. The molecule has 0 spiro atoms. The molecule has 3 aromatic carbocycles. The number of nitrogens with one attached hydrogen (secondary N) is 1. The molecule has 1 heterocycles. The summed E-state index contributed by atoms with van der Waals surface area (Å²) in [5.74, 6) is -0.143. The number of amides is 2. The van der Waals surface area contributed by atoms with Gasteiger partial charge in [0.25, 0.3) is 11.8 Å². The number of carbonyl (C=O) groups is 2. The van der Waals surface area contributed by atoms with E-state index in [0.29, 0.717) is 29.2 Å². The van der Waals surface area contributed by atoms with Crippen LogP contribution in [0.3, 0.4) is 0 Å². The second kappa shape index (κ2) is 8.71. The Morgan fingerprint density at radius 3 is 2.16 bits per heavy atom. The molecule has 4 rings (SSSR count). The lowest BCUT2D eigenvalue weighted by atomic mass is 10.0. The number of rotatable bonds is 6. The molecule has 1 aliphatic heterocycles. The Morgan fingerprint density at radius 1 is 0.812 bits per heavy atom. The van der Waals surface area contributed by atoms with Gasteiger partial charge in [-0.15, -0.1) is 0 Å². The van der Waals surface area contributed by atoms with Crippen LogP contribution in [0.5, 0.6) is 5.75 Å². The van der Waals surface area contributed by atoms with Crippen LogP contribution < -0.4 is 15.0 Å². The minimum Gasteiger partial charge on any atom is -0.494 e. The first-order valence-electron chi connectivity index (χ1n) is 10.7. The Hall–Kier alpha value is -3.86. The van der Waals surface area contributed by atoms with Crippen LogP contribution in [0.2, 0.25) is 0 Å². The maximum atomic E-state index is 13.6. The van der Waals surface area contributed by atoms with E-state index < -0.39 is 5.91 Å². The summed E-state index contributed by atoms with van der Waals surface area (Å²) in [6.45, 7) is 8.38. The lowest BCUT2D eigenvalue weighted by molar-refractivity contribution is -0.120. The van der Waals surface area contributed by atoms with Crippen molar-refractivity contribution in [2.45, 2.75) is 27.7 Å². The van der Waals surface area contributed by atoms with E-state index >= 15 is 0 Å². The van der Waals surface area contributed by atoms with Gasteiger partial charge in [-0.05, 0) is 68.7 Å². The third kappa shape index (κ3) is 4.14. The van der Waals surface area contributed by atoms with Crippen LogP contribution in [0.4, 0.5) is 11.4 Å². The predicted molar refractivity (Wildman–Crippen MR) is 128 cm³/mol. The Bertz CT molecular complexity index is 1210. The van der Waals surface area contributed by atoms with Gasteiger partial charge in [0.1, 0.15) is 11.4 Å². The molecule has 0 fully saturated rings. The Labute approximate surface area is 188 Å². The van der Waals surface area contributed by atoms with Crippen molar-refractivity contribution in [3.05, 3.63) is 94.7 Å². The van der Waals surface area contributed by atoms with E-state index in [1.54, 1.807) is 24.3 Å². The van der Waals surface area contributed by atoms with Crippen molar-refractivity contribution in [2.24, 2.45) is 0 Å². The van der Waals surface area contributed by atoms with Gasteiger partial charge < -0.3 is 10.1 Å². The summed E-state index contributed by atoms with van der Waals surface area (Å²) in [7, 11) is 0. The number of imide groups is 1. The number of anilines is 2. The minimum atomic E-state index is -0.390. The molecule has 3 aromatic rings. The highest BCUT2D eigenvalue weighted by atomic mass is 16.5. The molecule has 32 heavy (non-hydrogen) atoms. The smallest absolute Gasteiger partial charge is 0.282 e. The molecule has 162 valence electrons. The van der Waals surface area contributed by atoms with Crippen LogP contribution in [-0.4, -0.2) is 18.4 Å². The monoisotopic (exact) mass is 426 g/mol. The summed E-state index contributed by atoms with van der Waals surface area (Å²) in [4.78, 5) is 28.3. The van der Waals surface area contributed by atoms with Gasteiger partial charge in [0.05, 0.1) is 17.9 Å². The molecule has 0 aromatic heterocycles. The van der Waals surface area contributed by atoms with Gasteiger partial charge in [0, 0.05) is 11.8 Å². The van der Waals surface area contributed by atoms with Crippen LogP contribution in [-0.2, 0) is 9.59 Å². The summed E-state index contributed by atoms with van der Waals surface area (Å²) in [5, 5.41) is 3.24. The van der Waals surface area contributed by atoms with E-state index in [0.717, 1.165) is 22.4 Å². The van der Waals surface area contributed by atoms with Crippen LogP contribution in [0.1, 0.15) is 29.2 Å². The quantitative estimate of drug-likeness (QED) is 0.536. The number of aryl methyl sites for hydroxylation is 3. The molecule has 0 aliphatic carbocycles. The fourth-order valence-corrected chi connectivity index (χ4v) is 3.94. The highest BCUT2D eigenvalue weighted by Gasteiger charge is 2.40. The minimum absolute atomic E-state index is 0.269. The predicted octanol–water partition coefficient (Wildman–Crippen LogP) is 5.41. The van der Waals surface area contributed by atoms with E-state index in [4.69, 9.17) is 4.74 Å². The Balaban J connectivity index is 1.81. The molecule has 5 heteroatoms. The lowest BCUT2D eigenvalue weighted by Gasteiger charge is -2.16. The topological polar surface area (TPSA) is 58.6 Å². The molecule has 5 nitrogen and oxygen atoms in total. The second-order valence-electron chi connectivity index (χ2n) is 7.99. The van der Waals surface area contributed by atoms with Crippen molar-refractivity contribution in [1.82, 2.24) is 0 Å². The average molecular weight is 427 g/mol. The molecule has 0 unspecified atom stereocenters. The van der Waals surface area contributed by atoms with E-state index in [9.17, 15) is 9.59 Å². The van der Waals surface area contributed by atoms with Crippen LogP contribution in [0, 0.1) is 20.8 Å². The third-order valence-electron chi connectivity index (χ3n) is 5.30. The van der Waals surface area contributed by atoms with E-state index in [1.165, 1.54) is 4.90 Å². The van der Waals surface area contributed by atoms with Crippen LogP contribution >= 0.6 is 0 Å². The summed E-state index contributed by atoms with van der Waals surface area (Å²) >= 11 is 0. The molecular weight excluding hydrogens is 400 g/mol. The van der Waals surface area contributed by atoms with Crippen molar-refractivity contribution in [3.8, 4) is 5.75 Å². The zero-order valence-electron chi connectivity index (χ0n) is 18.7. The number of benzene rings is 3. The Kier molecular flexibility index (Phi) is 5.82. The summed E-state index contributed by atoms with van der Waals surface area (Å²) in [5.41, 5.74) is 5.80. The van der Waals surface area contributed by atoms with Gasteiger partial charge in [0.2, 0.25) is 0 Å². The molecule has 0 atom stereocenters. The van der Waals surface area contributed by atoms with Gasteiger partial charge in [-0.2, -0.15) is 0 Å². The largest absolute Gasteiger partial charge is 0.494 e. The van der Waals surface area contributed by atoms with E-state index in [-0.39, 0.29) is 11.6 Å². The zero-order valence-corrected chi connectivity index (χ0v) is 18.7. The molecule has 0 radical (unpaired) electrons. The Morgan fingerprint density at radius 2 is 1.50 bits per heavy atom. The number of ether oxygens (including phenoxy) is 1. The molecule has 2 amide bonds. The first-order valence-corrected chi connectivity index (χ1v) is 10.7. The van der Waals surface area contributed by atoms with Crippen molar-refractivity contribution in [3.63, 3.8) is 0 Å². The van der Waals surface area contributed by atoms with Gasteiger partial charge in [-0.25, -0.2) is 4.90 Å². The fourth-order valence-electron chi connectivity index (χ4n) is 3.94. The van der Waals surface area contributed by atoms with E-state index in [1.807, 2.05) is 64.1 Å². The van der Waals surface area contributed by atoms with E-state index in [2.05, 4.69) is 11.4 Å². The first kappa shape index (κ1) is 21.4. The molecule has 0 saturated carbocycles. The normalized spacial score (nSPS) is 13.7. The van der Waals surface area contributed by atoms with Gasteiger partial charge in [0.15, 0.2) is 0 Å². The average Bonchev–Trinajstić information content (AvgIpc) is 2.98. The zero-order chi connectivity index (χ0) is 22.8. The molecule has 0 saturated heterocycles. The number of hydrogen-bond acceptors (Lipinski definition) is 4. The van der Waals surface area contributed by atoms with Crippen molar-refractivity contribution >= 4 is 28.8 Å². The van der Waals surface area contributed by atoms with Gasteiger partial charge in [-0.1, -0.05) is 42.0 Å². The van der Waals surface area contributed by atoms with Crippen molar-refractivity contribution in [2.75, 3.05) is 16.8 Å². The number of nitrogens with zero attached hydrogens (tertiary/aromatic N) is 1. The van der Waals surface area contributed by atoms with Crippen molar-refractivity contribution in [1.29, 1.82) is 0 Å². The van der Waals surface area contributed by atoms with Gasteiger partial charge >= 0.3 is 0 Å².